The van der Waals surface area contributed by atoms with Crippen molar-refractivity contribution in [1.29, 1.82) is 0 Å². The monoisotopic (exact) mass is 419 g/mol. The molecule has 0 aromatic heterocycles. The van der Waals surface area contributed by atoms with Gasteiger partial charge in [-0.25, -0.2) is 13.6 Å². The smallest absolute Gasteiger partial charge is 0.238 e. The second kappa shape index (κ2) is 8.81. The van der Waals surface area contributed by atoms with Crippen molar-refractivity contribution in [3.05, 3.63) is 48.0 Å². The van der Waals surface area contributed by atoms with Gasteiger partial charge < -0.3 is 14.8 Å². The van der Waals surface area contributed by atoms with Gasteiger partial charge in [0.05, 0.1) is 25.7 Å². The average Bonchev–Trinajstić information content (AvgIpc) is 3.52. The highest BCUT2D eigenvalue weighted by atomic mass is 32.2. The van der Waals surface area contributed by atoms with Gasteiger partial charge in [-0.3, -0.25) is 9.69 Å². The number of sulfonamides is 1. The van der Waals surface area contributed by atoms with E-state index in [2.05, 4.69) is 10.2 Å². The summed E-state index contributed by atoms with van der Waals surface area (Å²) in [5.41, 5.74) is 1.35. The van der Waals surface area contributed by atoms with Gasteiger partial charge in [-0.1, -0.05) is 12.1 Å². The van der Waals surface area contributed by atoms with Crippen LogP contribution in [0.5, 0.6) is 11.5 Å². The number of nitrogens with zero attached hydrogens (tertiary/aromatic N) is 1. The molecule has 8 nitrogen and oxygen atoms in total. The molecule has 156 valence electrons. The van der Waals surface area contributed by atoms with Gasteiger partial charge in [0, 0.05) is 29.9 Å². The predicted octanol–water partition coefficient (Wildman–Crippen LogP) is 1.95. The summed E-state index contributed by atoms with van der Waals surface area (Å²) < 4.78 is 33.7. The SMILES string of the molecule is COc1ccc(CN(CC(=O)Nc2cccc(S(N)(=O)=O)c2)C2CC2)c(OC)c1. The minimum absolute atomic E-state index is 0.0441. The van der Waals surface area contributed by atoms with Gasteiger partial charge in [0.25, 0.3) is 0 Å². The molecule has 3 N–H and O–H groups in total. The zero-order valence-electron chi connectivity index (χ0n) is 16.4. The normalized spacial score (nSPS) is 13.9. The number of amides is 1. The number of ether oxygens (including phenoxy) is 2. The van der Waals surface area contributed by atoms with Crippen LogP contribution in [0.2, 0.25) is 0 Å². The maximum absolute atomic E-state index is 12.6. The van der Waals surface area contributed by atoms with Gasteiger partial charge in [0.1, 0.15) is 11.5 Å². The molecule has 1 fully saturated rings. The van der Waals surface area contributed by atoms with Crippen LogP contribution in [0.25, 0.3) is 0 Å². The first kappa shape index (κ1) is 21.1. The highest BCUT2D eigenvalue weighted by molar-refractivity contribution is 7.89. The van der Waals surface area contributed by atoms with Crippen LogP contribution in [0.15, 0.2) is 47.4 Å². The molecule has 1 aliphatic rings. The number of carbonyl (C=O) groups excluding carboxylic acids is 1. The lowest BCUT2D eigenvalue weighted by Crippen LogP contribution is -2.34. The van der Waals surface area contributed by atoms with Crippen molar-refractivity contribution >= 4 is 21.6 Å². The standard InChI is InChI=1S/C20H25N3O5S/c1-27-17-9-6-14(19(11-17)28-2)12-23(16-7-8-16)13-20(24)22-15-4-3-5-18(10-15)29(21,25)26/h3-6,9-11,16H,7-8,12-13H2,1-2H3,(H,22,24)(H2,21,25,26). The van der Waals surface area contributed by atoms with Crippen molar-refractivity contribution in [3.8, 4) is 11.5 Å². The molecular formula is C20H25N3O5S. The number of hydrogen-bond donors (Lipinski definition) is 2. The van der Waals surface area contributed by atoms with Crippen molar-refractivity contribution < 1.29 is 22.7 Å². The van der Waals surface area contributed by atoms with E-state index in [0.717, 1.165) is 18.4 Å². The fraction of sp³-hybridized carbons (Fsp3) is 0.350. The quantitative estimate of drug-likeness (QED) is 0.643. The molecule has 0 unspecified atom stereocenters. The summed E-state index contributed by atoms with van der Waals surface area (Å²) >= 11 is 0. The van der Waals surface area contributed by atoms with E-state index < -0.39 is 10.0 Å². The van der Waals surface area contributed by atoms with E-state index in [1.807, 2.05) is 18.2 Å². The van der Waals surface area contributed by atoms with Gasteiger partial charge in [0.15, 0.2) is 0 Å². The molecule has 2 aromatic carbocycles. The van der Waals surface area contributed by atoms with Crippen LogP contribution >= 0.6 is 0 Å². The summed E-state index contributed by atoms with van der Waals surface area (Å²) in [4.78, 5) is 14.6. The lowest BCUT2D eigenvalue weighted by Gasteiger charge is -2.23. The molecule has 0 aliphatic heterocycles. The first-order valence-corrected chi connectivity index (χ1v) is 10.7. The van der Waals surface area contributed by atoms with Crippen molar-refractivity contribution in [2.24, 2.45) is 5.14 Å². The van der Waals surface area contributed by atoms with Gasteiger partial charge in [-0.05, 0) is 37.1 Å². The van der Waals surface area contributed by atoms with Gasteiger partial charge in [-0.15, -0.1) is 0 Å². The van der Waals surface area contributed by atoms with Crippen LogP contribution in [0.3, 0.4) is 0 Å². The molecule has 1 saturated carbocycles. The molecule has 0 saturated heterocycles. The number of nitrogens with one attached hydrogen (secondary N) is 1. The topological polar surface area (TPSA) is 111 Å². The molecule has 29 heavy (non-hydrogen) atoms. The molecule has 0 bridgehead atoms. The first-order valence-electron chi connectivity index (χ1n) is 9.18. The van der Waals surface area contributed by atoms with Crippen molar-refractivity contribution in [3.63, 3.8) is 0 Å². The predicted molar refractivity (Wildman–Crippen MR) is 109 cm³/mol. The Morgan fingerprint density at radius 2 is 1.93 bits per heavy atom. The summed E-state index contributed by atoms with van der Waals surface area (Å²) in [6.07, 6.45) is 2.07. The van der Waals surface area contributed by atoms with E-state index >= 15 is 0 Å². The molecule has 2 aromatic rings. The molecule has 9 heteroatoms. The largest absolute Gasteiger partial charge is 0.497 e. The molecule has 0 heterocycles. The molecule has 1 amide bonds. The zero-order valence-corrected chi connectivity index (χ0v) is 17.2. The minimum atomic E-state index is -3.83. The Balaban J connectivity index is 1.69. The highest BCUT2D eigenvalue weighted by Crippen LogP contribution is 2.31. The third kappa shape index (κ3) is 5.69. The van der Waals surface area contributed by atoms with Crippen LogP contribution in [0.1, 0.15) is 18.4 Å². The first-order chi connectivity index (χ1) is 13.8. The van der Waals surface area contributed by atoms with Crippen molar-refractivity contribution in [1.82, 2.24) is 4.90 Å². The Morgan fingerprint density at radius 1 is 1.17 bits per heavy atom. The molecular weight excluding hydrogens is 394 g/mol. The summed E-state index contributed by atoms with van der Waals surface area (Å²) in [7, 11) is -0.628. The number of anilines is 1. The van der Waals surface area contributed by atoms with Crippen LogP contribution in [-0.2, 0) is 21.4 Å². The Bertz CT molecular complexity index is 989. The molecule has 1 aliphatic carbocycles. The molecule has 0 radical (unpaired) electrons. The number of rotatable bonds is 9. The van der Waals surface area contributed by atoms with E-state index in [0.29, 0.717) is 29.8 Å². The summed E-state index contributed by atoms with van der Waals surface area (Å²) in [6.45, 7) is 0.738. The lowest BCUT2D eigenvalue weighted by molar-refractivity contribution is -0.117. The summed E-state index contributed by atoms with van der Waals surface area (Å²) in [5.74, 6) is 1.18. The minimum Gasteiger partial charge on any atom is -0.497 e. The number of carbonyl (C=O) groups is 1. The summed E-state index contributed by atoms with van der Waals surface area (Å²) in [5, 5.41) is 7.90. The van der Waals surface area contributed by atoms with Crippen molar-refractivity contribution in [2.75, 3.05) is 26.1 Å². The Labute approximate surface area is 170 Å². The average molecular weight is 420 g/mol. The Morgan fingerprint density at radius 3 is 2.55 bits per heavy atom. The second-order valence-electron chi connectivity index (χ2n) is 6.93. The number of methoxy groups -OCH3 is 2. The van der Waals surface area contributed by atoms with E-state index in [9.17, 15) is 13.2 Å². The highest BCUT2D eigenvalue weighted by Gasteiger charge is 2.31. The van der Waals surface area contributed by atoms with Gasteiger partial charge in [0.2, 0.25) is 15.9 Å². The molecule has 3 rings (SSSR count). The van der Waals surface area contributed by atoms with Crippen molar-refractivity contribution in [2.45, 2.75) is 30.3 Å². The lowest BCUT2D eigenvalue weighted by atomic mass is 10.1. The van der Waals surface area contributed by atoms with Crippen LogP contribution < -0.4 is 19.9 Å². The number of benzene rings is 2. The van der Waals surface area contributed by atoms with Gasteiger partial charge in [-0.2, -0.15) is 0 Å². The number of nitrogens with two attached hydrogens (primary N) is 1. The maximum atomic E-state index is 12.6. The van der Waals surface area contributed by atoms with Crippen LogP contribution in [-0.4, -0.2) is 46.0 Å². The Hall–Kier alpha value is -2.62. The van der Waals surface area contributed by atoms with Crippen LogP contribution in [0.4, 0.5) is 5.69 Å². The Kier molecular flexibility index (Phi) is 6.41. The van der Waals surface area contributed by atoms with E-state index in [1.54, 1.807) is 20.3 Å². The molecule has 0 spiro atoms. The third-order valence-corrected chi connectivity index (χ3v) is 5.63. The fourth-order valence-electron chi connectivity index (χ4n) is 3.09. The zero-order chi connectivity index (χ0) is 21.0. The third-order valence-electron chi connectivity index (χ3n) is 4.72. The number of primary sulfonamides is 1. The van der Waals surface area contributed by atoms with E-state index in [1.165, 1.54) is 18.2 Å². The van der Waals surface area contributed by atoms with E-state index in [-0.39, 0.29) is 17.3 Å². The van der Waals surface area contributed by atoms with Gasteiger partial charge >= 0.3 is 0 Å². The fourth-order valence-corrected chi connectivity index (χ4v) is 3.65. The number of hydrogen-bond acceptors (Lipinski definition) is 6. The van der Waals surface area contributed by atoms with E-state index in [4.69, 9.17) is 14.6 Å². The summed E-state index contributed by atoms with van der Waals surface area (Å²) in [6, 6.07) is 11.8. The van der Waals surface area contributed by atoms with Crippen LogP contribution in [0, 0.1) is 0 Å². The molecule has 0 atom stereocenters. The maximum Gasteiger partial charge on any atom is 0.238 e. The second-order valence-corrected chi connectivity index (χ2v) is 8.50.